The van der Waals surface area contributed by atoms with E-state index in [4.69, 9.17) is 16.7 Å². The standard InChI is InChI=1S/C10H7ClN2O4/c11-5-2-1-3-6-8(5)9(16)13(4-7(14)15)10(17)12-6/h1-3H,4H2,(H,12,17)(H,14,15). The molecule has 0 spiro atoms. The van der Waals surface area contributed by atoms with Gasteiger partial charge in [-0.15, -0.1) is 0 Å². The fourth-order valence-electron chi connectivity index (χ4n) is 1.53. The number of nitrogens with one attached hydrogen (secondary N) is 1. The van der Waals surface area contributed by atoms with Gasteiger partial charge in [-0.25, -0.2) is 9.36 Å². The van der Waals surface area contributed by atoms with Gasteiger partial charge < -0.3 is 10.1 Å². The number of hydrogen-bond acceptors (Lipinski definition) is 3. The molecule has 6 nitrogen and oxygen atoms in total. The molecule has 2 rings (SSSR count). The lowest BCUT2D eigenvalue weighted by Gasteiger charge is -2.04. The Kier molecular flexibility index (Phi) is 2.72. The molecule has 7 heteroatoms. The van der Waals surface area contributed by atoms with Gasteiger partial charge >= 0.3 is 11.7 Å². The van der Waals surface area contributed by atoms with Crippen LogP contribution in [0.1, 0.15) is 0 Å². The number of aliphatic carboxylic acids is 1. The van der Waals surface area contributed by atoms with E-state index in [1.807, 2.05) is 0 Å². The largest absolute Gasteiger partial charge is 0.480 e. The zero-order valence-electron chi connectivity index (χ0n) is 8.44. The van der Waals surface area contributed by atoms with Crippen molar-refractivity contribution >= 4 is 28.5 Å². The first kappa shape index (κ1) is 11.4. The Balaban J connectivity index is 2.88. The Morgan fingerprint density at radius 1 is 1.41 bits per heavy atom. The van der Waals surface area contributed by atoms with Crippen molar-refractivity contribution in [2.45, 2.75) is 6.54 Å². The van der Waals surface area contributed by atoms with Crippen molar-refractivity contribution < 1.29 is 9.90 Å². The third-order valence-electron chi connectivity index (χ3n) is 2.25. The fraction of sp³-hybridized carbons (Fsp3) is 0.100. The molecule has 0 aliphatic rings. The summed E-state index contributed by atoms with van der Waals surface area (Å²) >= 11 is 5.84. The molecule has 0 saturated heterocycles. The third-order valence-corrected chi connectivity index (χ3v) is 2.57. The van der Waals surface area contributed by atoms with E-state index in [0.29, 0.717) is 4.57 Å². The number of aromatic amines is 1. The topological polar surface area (TPSA) is 92.2 Å². The Morgan fingerprint density at radius 2 is 2.12 bits per heavy atom. The van der Waals surface area contributed by atoms with E-state index in [1.54, 1.807) is 6.07 Å². The Morgan fingerprint density at radius 3 is 2.76 bits per heavy atom. The summed E-state index contributed by atoms with van der Waals surface area (Å²) in [6.07, 6.45) is 0. The lowest BCUT2D eigenvalue weighted by Crippen LogP contribution is -2.37. The van der Waals surface area contributed by atoms with Crippen LogP contribution in [-0.2, 0) is 11.3 Å². The third kappa shape index (κ3) is 1.94. The lowest BCUT2D eigenvalue weighted by molar-refractivity contribution is -0.137. The summed E-state index contributed by atoms with van der Waals surface area (Å²) in [5.74, 6) is -1.27. The van der Waals surface area contributed by atoms with Gasteiger partial charge in [-0.2, -0.15) is 0 Å². The molecular formula is C10H7ClN2O4. The molecule has 1 aromatic carbocycles. The van der Waals surface area contributed by atoms with Crippen molar-refractivity contribution in [2.24, 2.45) is 0 Å². The average Bonchev–Trinajstić information content (AvgIpc) is 2.23. The van der Waals surface area contributed by atoms with Crippen molar-refractivity contribution in [2.75, 3.05) is 0 Å². The number of benzene rings is 1. The average molecular weight is 255 g/mol. The smallest absolute Gasteiger partial charge is 0.329 e. The quantitative estimate of drug-likeness (QED) is 0.813. The van der Waals surface area contributed by atoms with E-state index < -0.39 is 23.8 Å². The number of carboxylic acids is 1. The van der Waals surface area contributed by atoms with Gasteiger partial charge in [-0.05, 0) is 12.1 Å². The number of rotatable bonds is 2. The van der Waals surface area contributed by atoms with Crippen LogP contribution in [0.15, 0.2) is 27.8 Å². The van der Waals surface area contributed by atoms with Crippen LogP contribution in [0.4, 0.5) is 0 Å². The van der Waals surface area contributed by atoms with Gasteiger partial charge in [0.2, 0.25) is 0 Å². The summed E-state index contributed by atoms with van der Waals surface area (Å²) in [6.45, 7) is -0.699. The molecule has 0 aliphatic carbocycles. The Labute approximate surface area is 99.1 Å². The molecule has 88 valence electrons. The van der Waals surface area contributed by atoms with Crippen molar-refractivity contribution in [3.8, 4) is 0 Å². The lowest BCUT2D eigenvalue weighted by atomic mass is 10.2. The first-order valence-corrected chi connectivity index (χ1v) is 5.01. The monoisotopic (exact) mass is 254 g/mol. The molecule has 1 heterocycles. The number of hydrogen-bond donors (Lipinski definition) is 2. The summed E-state index contributed by atoms with van der Waals surface area (Å²) in [7, 11) is 0. The summed E-state index contributed by atoms with van der Waals surface area (Å²) < 4.78 is 0.594. The first-order valence-electron chi connectivity index (χ1n) is 4.64. The number of halogens is 1. The van der Waals surface area contributed by atoms with E-state index in [-0.39, 0.29) is 15.9 Å². The van der Waals surface area contributed by atoms with Crippen LogP contribution in [0, 0.1) is 0 Å². The predicted octanol–water partition coefficient (Wildman–Crippen LogP) is 0.428. The summed E-state index contributed by atoms with van der Waals surface area (Å²) in [4.78, 5) is 36.4. The molecule has 0 aliphatic heterocycles. The van der Waals surface area contributed by atoms with Crippen LogP contribution in [0.3, 0.4) is 0 Å². The SMILES string of the molecule is O=C(O)Cn1c(=O)[nH]c2cccc(Cl)c2c1=O. The van der Waals surface area contributed by atoms with Crippen molar-refractivity contribution in [3.63, 3.8) is 0 Å². The van der Waals surface area contributed by atoms with Crippen molar-refractivity contribution in [1.82, 2.24) is 9.55 Å². The molecule has 17 heavy (non-hydrogen) atoms. The maximum Gasteiger partial charge on any atom is 0.329 e. The zero-order chi connectivity index (χ0) is 12.6. The maximum absolute atomic E-state index is 11.9. The highest BCUT2D eigenvalue weighted by Gasteiger charge is 2.12. The number of aromatic nitrogens is 2. The van der Waals surface area contributed by atoms with Crippen LogP contribution >= 0.6 is 11.6 Å². The van der Waals surface area contributed by atoms with E-state index in [1.165, 1.54) is 12.1 Å². The van der Waals surface area contributed by atoms with Crippen LogP contribution in [0.2, 0.25) is 5.02 Å². The number of fused-ring (bicyclic) bond motifs is 1. The van der Waals surface area contributed by atoms with Crippen LogP contribution in [0.25, 0.3) is 10.9 Å². The highest BCUT2D eigenvalue weighted by atomic mass is 35.5. The predicted molar refractivity (Wildman–Crippen MR) is 61.5 cm³/mol. The van der Waals surface area contributed by atoms with Crippen molar-refractivity contribution in [1.29, 1.82) is 0 Å². The molecule has 1 aromatic heterocycles. The maximum atomic E-state index is 11.9. The normalized spacial score (nSPS) is 10.6. The van der Waals surface area contributed by atoms with Crippen LogP contribution in [-0.4, -0.2) is 20.6 Å². The van der Waals surface area contributed by atoms with Gasteiger partial charge in [-0.3, -0.25) is 9.59 Å². The van der Waals surface area contributed by atoms with Gasteiger partial charge in [0.25, 0.3) is 5.56 Å². The van der Waals surface area contributed by atoms with E-state index in [0.717, 1.165) is 0 Å². The molecule has 0 radical (unpaired) electrons. The number of carbonyl (C=O) groups is 1. The fourth-order valence-corrected chi connectivity index (χ4v) is 1.79. The summed E-state index contributed by atoms with van der Waals surface area (Å²) in [5, 5.41) is 8.89. The summed E-state index contributed by atoms with van der Waals surface area (Å²) in [6, 6.07) is 4.60. The van der Waals surface area contributed by atoms with Crippen LogP contribution in [0.5, 0.6) is 0 Å². The second-order valence-corrected chi connectivity index (χ2v) is 3.78. The molecule has 0 fully saturated rings. The van der Waals surface area contributed by atoms with Gasteiger partial charge in [0.1, 0.15) is 6.54 Å². The second-order valence-electron chi connectivity index (χ2n) is 3.38. The van der Waals surface area contributed by atoms with Gasteiger partial charge in [0.15, 0.2) is 0 Å². The van der Waals surface area contributed by atoms with Gasteiger partial charge in [0, 0.05) is 0 Å². The molecule has 0 atom stereocenters. The van der Waals surface area contributed by atoms with E-state index in [9.17, 15) is 14.4 Å². The minimum absolute atomic E-state index is 0.106. The Bertz CT molecular complexity index is 716. The minimum atomic E-state index is -1.27. The molecule has 0 bridgehead atoms. The van der Waals surface area contributed by atoms with E-state index >= 15 is 0 Å². The van der Waals surface area contributed by atoms with Crippen molar-refractivity contribution in [3.05, 3.63) is 44.1 Å². The molecule has 0 amide bonds. The molecular weight excluding hydrogens is 248 g/mol. The van der Waals surface area contributed by atoms with E-state index in [2.05, 4.69) is 4.98 Å². The highest BCUT2D eigenvalue weighted by molar-refractivity contribution is 6.35. The molecule has 2 N–H and O–H groups in total. The Hall–Kier alpha value is -2.08. The summed E-state index contributed by atoms with van der Waals surface area (Å²) in [5.41, 5.74) is -1.20. The number of carboxylic acid groups (broad SMARTS) is 1. The first-order chi connectivity index (χ1) is 8.00. The van der Waals surface area contributed by atoms with Gasteiger partial charge in [0.05, 0.1) is 15.9 Å². The number of nitrogens with zero attached hydrogens (tertiary/aromatic N) is 1. The zero-order valence-corrected chi connectivity index (χ0v) is 9.19. The van der Waals surface area contributed by atoms with Gasteiger partial charge in [-0.1, -0.05) is 17.7 Å². The van der Waals surface area contributed by atoms with Crippen LogP contribution < -0.4 is 11.2 Å². The molecule has 0 unspecified atom stereocenters. The molecule has 0 saturated carbocycles. The molecule has 2 aromatic rings. The minimum Gasteiger partial charge on any atom is -0.480 e. The second kappa shape index (κ2) is 4.06. The highest BCUT2D eigenvalue weighted by Crippen LogP contribution is 2.16. The number of H-pyrrole nitrogens is 1.